The van der Waals surface area contributed by atoms with Crippen LogP contribution in [0.3, 0.4) is 0 Å². The van der Waals surface area contributed by atoms with Gasteiger partial charge < -0.3 is 9.47 Å². The molecule has 10 heteroatoms. The highest BCUT2D eigenvalue weighted by Crippen LogP contribution is 2.27. The Morgan fingerprint density at radius 2 is 1.26 bits per heavy atom. The van der Waals surface area contributed by atoms with Crippen LogP contribution >= 0.6 is 0 Å². The summed E-state index contributed by atoms with van der Waals surface area (Å²) in [5.41, 5.74) is -0.289. The van der Waals surface area contributed by atoms with E-state index in [4.69, 9.17) is 9.47 Å². The highest BCUT2D eigenvalue weighted by molar-refractivity contribution is 5.90. The topological polar surface area (TPSA) is 139 Å². The van der Waals surface area contributed by atoms with Crippen LogP contribution in [0.25, 0.3) is 0 Å². The van der Waals surface area contributed by atoms with Crippen molar-refractivity contribution in [2.45, 2.75) is 26.7 Å². The van der Waals surface area contributed by atoms with Gasteiger partial charge in [0.15, 0.2) is 0 Å². The quantitative estimate of drug-likeness (QED) is 0.308. The number of hydrogen-bond donors (Lipinski definition) is 0. The molecule has 0 radical (unpaired) electrons. The minimum Gasteiger partial charge on any atom is -0.462 e. The fourth-order valence-corrected chi connectivity index (χ4v) is 2.59. The van der Waals surface area contributed by atoms with Gasteiger partial charge in [-0.2, -0.15) is 0 Å². The second-order valence-electron chi connectivity index (χ2n) is 7.23. The Bertz CT molecular complexity index is 956. The van der Waals surface area contributed by atoms with Crippen molar-refractivity contribution in [3.8, 4) is 0 Å². The monoisotopic (exact) mass is 430 g/mol. The van der Waals surface area contributed by atoms with Gasteiger partial charge in [0.1, 0.15) is 0 Å². The molecule has 31 heavy (non-hydrogen) atoms. The Morgan fingerprint density at radius 3 is 1.65 bits per heavy atom. The van der Waals surface area contributed by atoms with Gasteiger partial charge >= 0.3 is 11.9 Å². The lowest BCUT2D eigenvalue weighted by Gasteiger charge is -2.27. The van der Waals surface area contributed by atoms with Crippen LogP contribution in [0.5, 0.6) is 0 Å². The smallest absolute Gasteiger partial charge is 0.338 e. The van der Waals surface area contributed by atoms with E-state index in [1.54, 1.807) is 0 Å². The number of carbonyl (C=O) groups excluding carboxylic acids is 2. The molecule has 2 rings (SSSR count). The van der Waals surface area contributed by atoms with Crippen LogP contribution in [0.4, 0.5) is 11.4 Å². The maximum atomic E-state index is 12.2. The molecule has 0 unspecified atom stereocenters. The number of nitrogens with zero attached hydrogens (tertiary/aromatic N) is 2. The highest BCUT2D eigenvalue weighted by atomic mass is 16.6. The van der Waals surface area contributed by atoms with Crippen molar-refractivity contribution < 1.29 is 28.9 Å². The van der Waals surface area contributed by atoms with E-state index in [1.807, 2.05) is 13.8 Å². The van der Waals surface area contributed by atoms with E-state index >= 15 is 0 Å². The Balaban J connectivity index is 1.86. The molecule has 0 saturated heterocycles. The number of esters is 2. The van der Waals surface area contributed by atoms with Crippen LogP contribution in [0.1, 0.15) is 47.4 Å². The van der Waals surface area contributed by atoms with Crippen LogP contribution in [-0.4, -0.2) is 35.0 Å². The largest absolute Gasteiger partial charge is 0.462 e. The molecule has 0 fully saturated rings. The summed E-state index contributed by atoms with van der Waals surface area (Å²) in [6.45, 7) is 3.96. The van der Waals surface area contributed by atoms with Gasteiger partial charge in [-0.15, -0.1) is 0 Å². The predicted molar refractivity (Wildman–Crippen MR) is 110 cm³/mol. The van der Waals surface area contributed by atoms with Crippen LogP contribution in [0, 0.1) is 25.6 Å². The number of nitro benzene ring substituents is 2. The zero-order valence-electron chi connectivity index (χ0n) is 17.1. The third-order valence-electron chi connectivity index (χ3n) is 4.97. The van der Waals surface area contributed by atoms with E-state index in [9.17, 15) is 29.8 Å². The number of nitro groups is 2. The first-order valence-corrected chi connectivity index (χ1v) is 9.48. The van der Waals surface area contributed by atoms with Crippen molar-refractivity contribution in [2.75, 3.05) is 13.2 Å². The molecule has 0 amide bonds. The summed E-state index contributed by atoms with van der Waals surface area (Å²) in [6, 6.07) is 10.2. The van der Waals surface area contributed by atoms with Crippen LogP contribution in [0.15, 0.2) is 48.5 Å². The van der Waals surface area contributed by atoms with Crippen LogP contribution in [0.2, 0.25) is 0 Å². The lowest BCUT2D eigenvalue weighted by Crippen LogP contribution is -2.27. The fourth-order valence-electron chi connectivity index (χ4n) is 2.59. The molecule has 0 aliphatic carbocycles. The molecule has 0 spiro atoms. The second-order valence-corrected chi connectivity index (χ2v) is 7.23. The van der Waals surface area contributed by atoms with Gasteiger partial charge in [-0.1, -0.05) is 13.8 Å². The number of ether oxygens (including phenoxy) is 2. The third kappa shape index (κ3) is 6.59. The molecule has 1 atom stereocenters. The summed E-state index contributed by atoms with van der Waals surface area (Å²) in [6.07, 6.45) is 1.07. The normalized spacial score (nSPS) is 12.5. The van der Waals surface area contributed by atoms with Gasteiger partial charge in [0.2, 0.25) is 0 Å². The molecule has 0 saturated carbocycles. The molecule has 0 heterocycles. The lowest BCUT2D eigenvalue weighted by atomic mass is 9.85. The Hall–Kier alpha value is -3.82. The SMILES string of the molecule is CC[C@@](C)(CCOC(=O)c1ccc([N+](=O)[O-])cc1)COC(=O)c1ccc([N+](=O)[O-])cc1. The van der Waals surface area contributed by atoms with E-state index in [0.29, 0.717) is 12.8 Å². The number of carbonyl (C=O) groups is 2. The summed E-state index contributed by atoms with van der Waals surface area (Å²) in [7, 11) is 0. The van der Waals surface area contributed by atoms with Gasteiger partial charge in [0.25, 0.3) is 11.4 Å². The number of non-ortho nitro benzene ring substituents is 2. The zero-order valence-corrected chi connectivity index (χ0v) is 17.1. The van der Waals surface area contributed by atoms with Crippen molar-refractivity contribution in [3.63, 3.8) is 0 Å². The van der Waals surface area contributed by atoms with Crippen LogP contribution < -0.4 is 0 Å². The molecule has 2 aromatic carbocycles. The van der Waals surface area contributed by atoms with E-state index in [0.717, 1.165) is 0 Å². The molecule has 10 nitrogen and oxygen atoms in total. The highest BCUT2D eigenvalue weighted by Gasteiger charge is 2.25. The molecule has 0 aliphatic rings. The van der Waals surface area contributed by atoms with E-state index in [-0.39, 0.29) is 35.7 Å². The maximum absolute atomic E-state index is 12.2. The minimum absolute atomic E-state index is 0.0778. The van der Waals surface area contributed by atoms with Crippen molar-refractivity contribution in [3.05, 3.63) is 79.9 Å². The number of hydrogen-bond acceptors (Lipinski definition) is 8. The van der Waals surface area contributed by atoms with Crippen molar-refractivity contribution >= 4 is 23.3 Å². The average molecular weight is 430 g/mol. The molecule has 0 N–H and O–H groups in total. The van der Waals surface area contributed by atoms with Gasteiger partial charge in [-0.25, -0.2) is 9.59 Å². The minimum atomic E-state index is -0.601. The molecule has 0 aliphatic heterocycles. The lowest BCUT2D eigenvalue weighted by molar-refractivity contribution is -0.385. The first-order chi connectivity index (χ1) is 14.6. The molecular weight excluding hydrogens is 408 g/mol. The number of benzene rings is 2. The summed E-state index contributed by atoms with van der Waals surface area (Å²) < 4.78 is 10.6. The van der Waals surface area contributed by atoms with E-state index in [2.05, 4.69) is 0 Å². The zero-order chi connectivity index (χ0) is 23.0. The van der Waals surface area contributed by atoms with Gasteiger partial charge in [0, 0.05) is 29.7 Å². The summed E-state index contributed by atoms with van der Waals surface area (Å²) >= 11 is 0. The number of rotatable bonds is 10. The molecule has 0 bridgehead atoms. The van der Waals surface area contributed by atoms with E-state index in [1.165, 1.54) is 48.5 Å². The molecule has 2 aromatic rings. The first kappa shape index (κ1) is 23.5. The standard InChI is InChI=1S/C21H22N2O8/c1-3-21(2,14-31-20(25)16-6-10-18(11-7-16)23(28)29)12-13-30-19(24)15-4-8-17(9-5-15)22(26)27/h4-11H,3,12-14H2,1-2H3/t21-/m0/s1. The predicted octanol–water partition coefficient (Wildman–Crippen LogP) is 4.32. The van der Waals surface area contributed by atoms with Crippen molar-refractivity contribution in [2.24, 2.45) is 5.41 Å². The van der Waals surface area contributed by atoms with E-state index < -0.39 is 27.2 Å². The van der Waals surface area contributed by atoms with Gasteiger partial charge in [-0.3, -0.25) is 20.2 Å². The maximum Gasteiger partial charge on any atom is 0.338 e. The molecular formula is C21H22N2O8. The first-order valence-electron chi connectivity index (χ1n) is 9.48. The molecule has 164 valence electrons. The second kappa shape index (κ2) is 10.3. The third-order valence-corrected chi connectivity index (χ3v) is 4.97. The average Bonchev–Trinajstić information content (AvgIpc) is 2.77. The summed E-state index contributed by atoms with van der Waals surface area (Å²) in [4.78, 5) is 44.5. The Kier molecular flexibility index (Phi) is 7.78. The summed E-state index contributed by atoms with van der Waals surface area (Å²) in [5, 5.41) is 21.4. The van der Waals surface area contributed by atoms with Crippen LogP contribution in [-0.2, 0) is 9.47 Å². The Morgan fingerprint density at radius 1 is 0.839 bits per heavy atom. The summed E-state index contributed by atoms with van der Waals surface area (Å²) in [5.74, 6) is -1.20. The fraction of sp³-hybridized carbons (Fsp3) is 0.333. The molecule has 0 aromatic heterocycles. The van der Waals surface area contributed by atoms with Crippen molar-refractivity contribution in [1.29, 1.82) is 0 Å². The van der Waals surface area contributed by atoms with Gasteiger partial charge in [0.05, 0.1) is 34.2 Å². The van der Waals surface area contributed by atoms with Crippen molar-refractivity contribution in [1.82, 2.24) is 0 Å². The van der Waals surface area contributed by atoms with Gasteiger partial charge in [-0.05, 0) is 37.1 Å². The Labute approximate surface area is 178 Å².